The molecular weight excluding hydrogens is 606 g/mol. The molecule has 0 amide bonds. The molecule has 0 aliphatic rings. The van der Waals surface area contributed by atoms with E-state index >= 15 is 0 Å². The molecule has 1 N–H and O–H groups in total. The number of carboxylic acids is 1. The van der Waals surface area contributed by atoms with Gasteiger partial charge < -0.3 is 23.8 Å². The van der Waals surface area contributed by atoms with Crippen molar-refractivity contribution in [1.29, 1.82) is 0 Å². The number of allylic oxidation sites excluding steroid dienone is 15. The van der Waals surface area contributed by atoms with Gasteiger partial charge in [0.1, 0.15) is 6.61 Å². The van der Waals surface area contributed by atoms with Crippen molar-refractivity contribution in [1.82, 2.24) is 0 Å². The molecule has 0 aromatic carbocycles. The van der Waals surface area contributed by atoms with Crippen LogP contribution in [0.4, 0.5) is 0 Å². The standard InChI is InChI=1S/C40H61NO7/c1-6-8-10-12-14-16-17-18-19-20-21-23-25-27-29-31-39(43)48-36(34-46-33-32-37(40(44)45)41(3,4)5)35-47-38(42)30-28-26-24-22-15-13-11-9-7-2/h8-12,14-22,26,28,36-37H,6-7,13,23-25,27,29-35H2,1-5H3/p+1/b10-8+,11-9+,14-12+,17-16+,19-18+,21-20+,22-15+,28-26+. The summed E-state index contributed by atoms with van der Waals surface area (Å²) >= 11 is 0. The lowest BCUT2D eigenvalue weighted by molar-refractivity contribution is -0.887. The van der Waals surface area contributed by atoms with Crippen molar-refractivity contribution in [2.45, 2.75) is 96.6 Å². The molecule has 0 fully saturated rings. The third-order valence-electron chi connectivity index (χ3n) is 6.89. The second kappa shape index (κ2) is 30.6. The quantitative estimate of drug-likeness (QED) is 0.0294. The number of hydrogen-bond acceptors (Lipinski definition) is 6. The predicted octanol–water partition coefficient (Wildman–Crippen LogP) is 8.40. The van der Waals surface area contributed by atoms with Crippen molar-refractivity contribution in [3.8, 4) is 0 Å². The molecule has 0 spiro atoms. The van der Waals surface area contributed by atoms with Crippen LogP contribution in [0.1, 0.15) is 84.5 Å². The average molecular weight is 669 g/mol. The van der Waals surface area contributed by atoms with Crippen LogP contribution < -0.4 is 0 Å². The number of carbonyl (C=O) groups is 3. The van der Waals surface area contributed by atoms with Crippen LogP contribution in [-0.4, -0.2) is 80.6 Å². The fraction of sp³-hybridized carbons (Fsp3) is 0.525. The summed E-state index contributed by atoms with van der Waals surface area (Å²) in [6.07, 6.45) is 39.2. The Labute approximate surface area is 290 Å². The van der Waals surface area contributed by atoms with Gasteiger partial charge in [-0.15, -0.1) is 0 Å². The highest BCUT2D eigenvalue weighted by Gasteiger charge is 2.31. The predicted molar refractivity (Wildman–Crippen MR) is 196 cm³/mol. The molecule has 0 aliphatic heterocycles. The van der Waals surface area contributed by atoms with Crippen molar-refractivity contribution < 1.29 is 38.2 Å². The lowest BCUT2D eigenvalue weighted by Crippen LogP contribution is -2.50. The second-order valence-corrected chi connectivity index (χ2v) is 12.1. The summed E-state index contributed by atoms with van der Waals surface area (Å²) in [6.45, 7) is 4.26. The highest BCUT2D eigenvalue weighted by Crippen LogP contribution is 2.10. The van der Waals surface area contributed by atoms with Gasteiger partial charge >= 0.3 is 17.9 Å². The normalized spacial score (nSPS) is 14.3. The molecule has 0 saturated heterocycles. The third-order valence-corrected chi connectivity index (χ3v) is 6.89. The molecule has 0 heterocycles. The summed E-state index contributed by atoms with van der Waals surface area (Å²) in [5.41, 5.74) is 0. The Hall–Kier alpha value is -3.75. The molecule has 0 aliphatic carbocycles. The highest BCUT2D eigenvalue weighted by atomic mass is 16.6. The van der Waals surface area contributed by atoms with Crippen molar-refractivity contribution in [2.24, 2.45) is 0 Å². The molecule has 2 atom stereocenters. The molecule has 0 aromatic rings. The number of carboxylic acid groups (broad SMARTS) is 1. The summed E-state index contributed by atoms with van der Waals surface area (Å²) < 4.78 is 17.0. The first-order valence-electron chi connectivity index (χ1n) is 17.3. The molecule has 0 bridgehead atoms. The molecule has 48 heavy (non-hydrogen) atoms. The fourth-order valence-corrected chi connectivity index (χ4v) is 4.23. The van der Waals surface area contributed by atoms with Crippen molar-refractivity contribution in [3.05, 3.63) is 97.2 Å². The van der Waals surface area contributed by atoms with E-state index in [2.05, 4.69) is 44.2 Å². The van der Waals surface area contributed by atoms with Gasteiger partial charge in [-0.05, 0) is 44.9 Å². The minimum atomic E-state index is -0.900. The van der Waals surface area contributed by atoms with Crippen LogP contribution in [0.3, 0.4) is 0 Å². The first-order valence-corrected chi connectivity index (χ1v) is 17.3. The van der Waals surface area contributed by atoms with Crippen LogP contribution >= 0.6 is 0 Å². The first-order chi connectivity index (χ1) is 23.1. The number of esters is 2. The van der Waals surface area contributed by atoms with E-state index < -0.39 is 24.1 Å². The van der Waals surface area contributed by atoms with Crippen LogP contribution in [-0.2, 0) is 28.6 Å². The molecule has 2 unspecified atom stereocenters. The Morgan fingerprint density at radius 3 is 1.85 bits per heavy atom. The Morgan fingerprint density at radius 2 is 1.25 bits per heavy atom. The van der Waals surface area contributed by atoms with E-state index in [-0.39, 0.29) is 43.1 Å². The largest absolute Gasteiger partial charge is 0.477 e. The number of nitrogens with zero attached hydrogens (tertiary/aromatic N) is 1. The summed E-state index contributed by atoms with van der Waals surface area (Å²) in [7, 11) is 5.45. The Balaban J connectivity index is 4.68. The van der Waals surface area contributed by atoms with Gasteiger partial charge in [0.25, 0.3) is 0 Å². The molecular formula is C40H62NO7+. The number of hydrogen-bond donors (Lipinski definition) is 1. The van der Waals surface area contributed by atoms with E-state index in [1.54, 1.807) is 6.08 Å². The number of likely N-dealkylation sites (N-methyl/N-ethyl adjacent to an activating group) is 1. The topological polar surface area (TPSA) is 99.1 Å². The molecule has 8 heteroatoms. The summed E-state index contributed by atoms with van der Waals surface area (Å²) in [5, 5.41) is 9.55. The number of rotatable bonds is 28. The number of quaternary nitrogens is 1. The maximum Gasteiger partial charge on any atom is 0.362 e. The van der Waals surface area contributed by atoms with Gasteiger partial charge in [0.15, 0.2) is 12.1 Å². The maximum absolute atomic E-state index is 12.6. The monoisotopic (exact) mass is 668 g/mol. The molecule has 0 saturated carbocycles. The zero-order valence-electron chi connectivity index (χ0n) is 30.1. The minimum Gasteiger partial charge on any atom is -0.477 e. The number of carbonyl (C=O) groups excluding carboxylic acids is 2. The van der Waals surface area contributed by atoms with Crippen LogP contribution in [0.15, 0.2) is 97.2 Å². The molecule has 268 valence electrons. The Morgan fingerprint density at radius 1 is 0.667 bits per heavy atom. The van der Waals surface area contributed by atoms with Gasteiger partial charge in [-0.3, -0.25) is 9.59 Å². The molecule has 8 nitrogen and oxygen atoms in total. The maximum atomic E-state index is 12.6. The average Bonchev–Trinajstić information content (AvgIpc) is 3.03. The third kappa shape index (κ3) is 28.5. The summed E-state index contributed by atoms with van der Waals surface area (Å²) in [6, 6.07) is -0.638. The number of unbranched alkanes of at least 4 members (excludes halogenated alkanes) is 3. The van der Waals surface area contributed by atoms with Gasteiger partial charge in [0.2, 0.25) is 0 Å². The molecule has 0 aromatic heterocycles. The van der Waals surface area contributed by atoms with E-state index in [0.29, 0.717) is 12.8 Å². The summed E-state index contributed by atoms with van der Waals surface area (Å²) in [4.78, 5) is 36.6. The smallest absolute Gasteiger partial charge is 0.362 e. The van der Waals surface area contributed by atoms with E-state index in [0.717, 1.165) is 44.9 Å². The molecule has 0 rings (SSSR count). The highest BCUT2D eigenvalue weighted by molar-refractivity contribution is 5.72. The van der Waals surface area contributed by atoms with Gasteiger partial charge in [-0.2, -0.15) is 0 Å². The zero-order chi connectivity index (χ0) is 35.7. The van der Waals surface area contributed by atoms with E-state index in [1.807, 2.05) is 81.9 Å². The van der Waals surface area contributed by atoms with Crippen LogP contribution in [0.5, 0.6) is 0 Å². The van der Waals surface area contributed by atoms with E-state index in [9.17, 15) is 19.5 Å². The zero-order valence-corrected chi connectivity index (χ0v) is 30.1. The van der Waals surface area contributed by atoms with Crippen LogP contribution in [0.25, 0.3) is 0 Å². The van der Waals surface area contributed by atoms with E-state index in [4.69, 9.17) is 14.2 Å². The number of aliphatic carboxylic acids is 1. The van der Waals surface area contributed by atoms with Gasteiger partial charge in [-0.25, -0.2) is 4.79 Å². The van der Waals surface area contributed by atoms with Gasteiger partial charge in [0, 0.05) is 12.8 Å². The lowest BCUT2D eigenvalue weighted by atomic mass is 10.1. The first kappa shape index (κ1) is 44.2. The summed E-state index contributed by atoms with van der Waals surface area (Å²) in [5.74, 6) is -1.70. The SMILES string of the molecule is CC/C=C/C=C/C=C/C=C/C=C/CCCCCC(=O)OC(COCCC(C(=O)O)[N+](C)(C)C)COC(=O)C/C=C/C/C=C/C/C=C/CC. The van der Waals surface area contributed by atoms with Gasteiger partial charge in [0.05, 0.1) is 40.8 Å². The Bertz CT molecular complexity index is 1100. The van der Waals surface area contributed by atoms with Crippen LogP contribution in [0.2, 0.25) is 0 Å². The number of ether oxygens (including phenoxy) is 3. The van der Waals surface area contributed by atoms with E-state index in [1.165, 1.54) is 0 Å². The second-order valence-electron chi connectivity index (χ2n) is 12.1. The van der Waals surface area contributed by atoms with Crippen molar-refractivity contribution >= 4 is 17.9 Å². The fourth-order valence-electron chi connectivity index (χ4n) is 4.23. The van der Waals surface area contributed by atoms with Crippen molar-refractivity contribution in [2.75, 3.05) is 41.0 Å². The Kier molecular flexibility index (Phi) is 28.2. The van der Waals surface area contributed by atoms with Gasteiger partial charge in [-0.1, -0.05) is 117 Å². The molecule has 0 radical (unpaired) electrons. The van der Waals surface area contributed by atoms with Crippen molar-refractivity contribution in [3.63, 3.8) is 0 Å². The van der Waals surface area contributed by atoms with Crippen LogP contribution in [0, 0.1) is 0 Å². The minimum absolute atomic E-state index is 0.00923. The lowest BCUT2D eigenvalue weighted by Gasteiger charge is -2.31.